The molecule has 0 aliphatic heterocycles. The Morgan fingerprint density at radius 1 is 1.14 bits per heavy atom. The molecular formula is C11H27N2O+. The van der Waals surface area contributed by atoms with Crippen LogP contribution in [0.2, 0.25) is 0 Å². The minimum Gasteiger partial charge on any atom is -0.325 e. The zero-order chi connectivity index (χ0) is 11.4. The smallest absolute Gasteiger partial charge is 0.101 e. The van der Waals surface area contributed by atoms with Crippen LogP contribution in [0.15, 0.2) is 0 Å². The van der Waals surface area contributed by atoms with E-state index in [1.807, 2.05) is 0 Å². The Morgan fingerprint density at radius 2 is 1.64 bits per heavy atom. The average molecular weight is 203 g/mol. The van der Waals surface area contributed by atoms with Gasteiger partial charge in [-0.3, -0.25) is 0 Å². The van der Waals surface area contributed by atoms with E-state index >= 15 is 0 Å². The summed E-state index contributed by atoms with van der Waals surface area (Å²) in [5.41, 5.74) is 0. The average Bonchev–Trinajstić information content (AvgIpc) is 2.02. The quantitative estimate of drug-likeness (QED) is 0.526. The van der Waals surface area contributed by atoms with Gasteiger partial charge in [0.05, 0.1) is 27.2 Å². The van der Waals surface area contributed by atoms with Crippen molar-refractivity contribution in [2.24, 2.45) is 5.92 Å². The molecule has 0 amide bonds. The number of nitrogens with zero attached hydrogens (tertiary/aromatic N) is 2. The van der Waals surface area contributed by atoms with Crippen LogP contribution in [0.1, 0.15) is 27.7 Å². The second-order valence-electron chi connectivity index (χ2n) is 5.21. The van der Waals surface area contributed by atoms with Gasteiger partial charge in [-0.1, -0.05) is 13.8 Å². The van der Waals surface area contributed by atoms with Crippen LogP contribution < -0.4 is 0 Å². The molecule has 86 valence electrons. The van der Waals surface area contributed by atoms with E-state index < -0.39 is 0 Å². The molecule has 1 atom stereocenters. The summed E-state index contributed by atoms with van der Waals surface area (Å²) in [4.78, 5) is 0. The first kappa shape index (κ1) is 13.9. The molecule has 0 saturated heterocycles. The van der Waals surface area contributed by atoms with Gasteiger partial charge in [-0.15, -0.1) is 0 Å². The van der Waals surface area contributed by atoms with Gasteiger partial charge in [0.1, 0.15) is 6.04 Å². The van der Waals surface area contributed by atoms with Crippen LogP contribution in [0.4, 0.5) is 0 Å². The maximum atomic E-state index is 9.67. The van der Waals surface area contributed by atoms with Gasteiger partial charge in [-0.2, -0.15) is 5.06 Å². The van der Waals surface area contributed by atoms with E-state index in [0.29, 0.717) is 12.0 Å². The predicted octanol–water partition coefficient (Wildman–Crippen LogP) is 1.82. The van der Waals surface area contributed by atoms with E-state index in [2.05, 4.69) is 41.8 Å². The fourth-order valence-electron chi connectivity index (χ4n) is 1.33. The van der Waals surface area contributed by atoms with Crippen molar-refractivity contribution < 1.29 is 9.69 Å². The van der Waals surface area contributed by atoms with Gasteiger partial charge in [0.25, 0.3) is 0 Å². The van der Waals surface area contributed by atoms with E-state index in [-0.39, 0.29) is 0 Å². The van der Waals surface area contributed by atoms with Gasteiger partial charge in [-0.05, 0) is 19.8 Å². The maximum absolute atomic E-state index is 9.67. The van der Waals surface area contributed by atoms with Crippen LogP contribution in [0.5, 0.6) is 0 Å². The molecule has 0 spiro atoms. The van der Waals surface area contributed by atoms with Crippen molar-refractivity contribution in [3.8, 4) is 0 Å². The second-order valence-corrected chi connectivity index (χ2v) is 5.21. The van der Waals surface area contributed by atoms with Gasteiger partial charge < -0.3 is 9.69 Å². The summed E-state index contributed by atoms with van der Waals surface area (Å²) in [5.74, 6) is 0.518. The number of hydrogen-bond donors (Lipinski definition) is 1. The van der Waals surface area contributed by atoms with Crippen LogP contribution in [0.3, 0.4) is 0 Å². The molecule has 0 radical (unpaired) electrons. The maximum Gasteiger partial charge on any atom is 0.101 e. The van der Waals surface area contributed by atoms with E-state index in [9.17, 15) is 5.21 Å². The lowest BCUT2D eigenvalue weighted by molar-refractivity contribution is -0.911. The van der Waals surface area contributed by atoms with E-state index in [0.717, 1.165) is 24.1 Å². The predicted molar refractivity (Wildman–Crippen MR) is 60.3 cm³/mol. The number of likely N-dealkylation sites (N-methyl/N-ethyl adjacent to an activating group) is 1. The third kappa shape index (κ3) is 4.94. The van der Waals surface area contributed by atoms with Gasteiger partial charge in [0.2, 0.25) is 0 Å². The largest absolute Gasteiger partial charge is 0.325 e. The monoisotopic (exact) mass is 203 g/mol. The highest BCUT2D eigenvalue weighted by Crippen LogP contribution is 2.07. The van der Waals surface area contributed by atoms with Crippen molar-refractivity contribution in [2.45, 2.75) is 33.7 Å². The highest BCUT2D eigenvalue weighted by Gasteiger charge is 2.23. The molecule has 0 aliphatic rings. The molecule has 0 fully saturated rings. The Labute approximate surface area is 88.9 Å². The van der Waals surface area contributed by atoms with Gasteiger partial charge in [0.15, 0.2) is 0 Å². The van der Waals surface area contributed by atoms with Crippen LogP contribution in [-0.4, -0.2) is 54.5 Å². The molecular weight excluding hydrogens is 176 g/mol. The zero-order valence-electron chi connectivity index (χ0n) is 10.6. The van der Waals surface area contributed by atoms with Crippen LogP contribution in [-0.2, 0) is 0 Å². The molecule has 0 aromatic heterocycles. The third-order valence-corrected chi connectivity index (χ3v) is 3.06. The van der Waals surface area contributed by atoms with Gasteiger partial charge in [0, 0.05) is 6.54 Å². The van der Waals surface area contributed by atoms with Crippen LogP contribution >= 0.6 is 0 Å². The summed E-state index contributed by atoms with van der Waals surface area (Å²) < 4.78 is 0.954. The molecule has 14 heavy (non-hydrogen) atoms. The summed E-state index contributed by atoms with van der Waals surface area (Å²) in [6.07, 6.45) is 0. The first-order chi connectivity index (χ1) is 6.29. The molecule has 0 aromatic carbocycles. The summed E-state index contributed by atoms with van der Waals surface area (Å²) >= 11 is 0. The topological polar surface area (TPSA) is 23.5 Å². The van der Waals surface area contributed by atoms with Crippen molar-refractivity contribution in [3.63, 3.8) is 0 Å². The van der Waals surface area contributed by atoms with E-state index in [1.54, 1.807) is 0 Å². The first-order valence-corrected chi connectivity index (χ1v) is 5.56. The standard InChI is InChI=1S/C11H27N2O/c1-7-13(5,6)11(4)9-12(14)8-10(2)3/h10-11,14H,7-9H2,1-6H3/q+1. The molecule has 3 heteroatoms. The van der Waals surface area contributed by atoms with Crippen molar-refractivity contribution in [2.75, 3.05) is 33.7 Å². The zero-order valence-corrected chi connectivity index (χ0v) is 10.6. The summed E-state index contributed by atoms with van der Waals surface area (Å²) in [6, 6.07) is 0.462. The lowest BCUT2D eigenvalue weighted by Gasteiger charge is -2.36. The molecule has 0 aliphatic carbocycles. The Kier molecular flexibility index (Phi) is 5.64. The Morgan fingerprint density at radius 3 is 2.00 bits per heavy atom. The minimum absolute atomic E-state index is 0.462. The summed E-state index contributed by atoms with van der Waals surface area (Å²) in [7, 11) is 4.40. The molecule has 0 bridgehead atoms. The molecule has 0 aromatic rings. The van der Waals surface area contributed by atoms with Crippen molar-refractivity contribution in [1.82, 2.24) is 5.06 Å². The highest BCUT2D eigenvalue weighted by molar-refractivity contribution is 4.56. The molecule has 1 N–H and O–H groups in total. The lowest BCUT2D eigenvalue weighted by atomic mass is 10.2. The second kappa shape index (κ2) is 5.69. The van der Waals surface area contributed by atoms with E-state index in [4.69, 9.17) is 0 Å². The molecule has 3 nitrogen and oxygen atoms in total. The van der Waals surface area contributed by atoms with Crippen LogP contribution in [0, 0.1) is 5.92 Å². The van der Waals surface area contributed by atoms with Gasteiger partial charge in [-0.25, -0.2) is 0 Å². The fourth-order valence-corrected chi connectivity index (χ4v) is 1.33. The number of hydroxylamine groups is 2. The first-order valence-electron chi connectivity index (χ1n) is 5.56. The summed E-state index contributed by atoms with van der Waals surface area (Å²) in [6.45, 7) is 11.2. The van der Waals surface area contributed by atoms with Crippen molar-refractivity contribution in [1.29, 1.82) is 0 Å². The molecule has 1 unspecified atom stereocenters. The minimum atomic E-state index is 0.462. The van der Waals surface area contributed by atoms with Crippen molar-refractivity contribution in [3.05, 3.63) is 0 Å². The number of rotatable bonds is 6. The SMILES string of the molecule is CC[N+](C)(C)C(C)CN(O)CC(C)C. The lowest BCUT2D eigenvalue weighted by Crippen LogP contribution is -2.52. The summed E-state index contributed by atoms with van der Waals surface area (Å²) in [5, 5.41) is 11.1. The highest BCUT2D eigenvalue weighted by atomic mass is 16.5. The fraction of sp³-hybridized carbons (Fsp3) is 1.00. The van der Waals surface area contributed by atoms with Gasteiger partial charge >= 0.3 is 0 Å². The Bertz CT molecular complexity index is 157. The normalized spacial score (nSPS) is 15.2. The number of hydrogen-bond acceptors (Lipinski definition) is 2. The third-order valence-electron chi connectivity index (χ3n) is 3.06. The molecule has 0 saturated carbocycles. The molecule has 0 rings (SSSR count). The number of quaternary nitrogens is 1. The van der Waals surface area contributed by atoms with Crippen LogP contribution in [0.25, 0.3) is 0 Å². The van der Waals surface area contributed by atoms with Crippen molar-refractivity contribution >= 4 is 0 Å². The Balaban J connectivity index is 3.99. The Hall–Kier alpha value is -0.120. The molecule has 0 heterocycles. The van der Waals surface area contributed by atoms with E-state index in [1.165, 1.54) is 5.06 Å².